The Bertz CT molecular complexity index is 560. The van der Waals surface area contributed by atoms with Crippen molar-refractivity contribution in [3.8, 4) is 0 Å². The van der Waals surface area contributed by atoms with E-state index in [1.807, 2.05) is 19.0 Å². The minimum absolute atomic E-state index is 0.0104. The highest BCUT2D eigenvalue weighted by molar-refractivity contribution is 8.25. The van der Waals surface area contributed by atoms with Gasteiger partial charge in [0.15, 0.2) is 0 Å². The molecule has 0 radical (unpaired) electrons. The summed E-state index contributed by atoms with van der Waals surface area (Å²) in [5.74, 6) is -0.0810. The lowest BCUT2D eigenvalue weighted by atomic mass is 10.2. The number of thioether (sulfide) groups is 1. The molecule has 0 spiro atoms. The summed E-state index contributed by atoms with van der Waals surface area (Å²) in [6.07, 6.45) is 0. The predicted molar refractivity (Wildman–Crippen MR) is 83.1 cm³/mol. The maximum Gasteiger partial charge on any atom is 0.269 e. The molecule has 1 aromatic rings. The second kappa shape index (κ2) is 5.86. The van der Waals surface area contributed by atoms with Gasteiger partial charge in [0.1, 0.15) is 9.57 Å². The van der Waals surface area contributed by atoms with Crippen LogP contribution in [0.25, 0.3) is 0 Å². The van der Waals surface area contributed by atoms with Crippen LogP contribution in [0.5, 0.6) is 0 Å². The average Bonchev–Trinajstić information content (AvgIpc) is 2.64. The van der Waals surface area contributed by atoms with Gasteiger partial charge in [0.2, 0.25) is 5.91 Å². The molecule has 1 heterocycles. The van der Waals surface area contributed by atoms with Crippen LogP contribution in [-0.4, -0.2) is 45.9 Å². The fourth-order valence-corrected chi connectivity index (χ4v) is 3.53. The van der Waals surface area contributed by atoms with Crippen molar-refractivity contribution in [2.75, 3.05) is 25.5 Å². The smallest absolute Gasteiger partial charge is 0.269 e. The maximum atomic E-state index is 12.3. The molecule has 0 aromatic heterocycles. The summed E-state index contributed by atoms with van der Waals surface area (Å²) < 4.78 is 0.482. The number of thiocarbonyl (C=S) groups is 1. The number of carbonyl (C=O) groups is 1. The second-order valence-electron chi connectivity index (χ2n) is 4.58. The molecule has 6 nitrogen and oxygen atoms in total. The van der Waals surface area contributed by atoms with Crippen molar-refractivity contribution in [1.29, 1.82) is 0 Å². The standard InChI is InChI=1S/C12H13N3O3S2/c1-13(2)7-10-11(16)14(12(19)20-10)8-3-5-9(6-4-8)15(17)18/h3-6,10H,7H2,1-2H3. The minimum atomic E-state index is -0.475. The predicted octanol–water partition coefficient (Wildman–Crippen LogP) is 1.89. The fraction of sp³-hybridized carbons (Fsp3) is 0.333. The molecule has 1 atom stereocenters. The average molecular weight is 311 g/mol. The van der Waals surface area contributed by atoms with Gasteiger partial charge in [-0.05, 0) is 26.2 Å². The molecule has 2 rings (SSSR count). The molecule has 1 aliphatic rings. The molecule has 1 saturated heterocycles. The van der Waals surface area contributed by atoms with Crippen molar-refractivity contribution in [1.82, 2.24) is 4.90 Å². The SMILES string of the molecule is CN(C)CC1SC(=S)N(c2ccc([N+](=O)[O-])cc2)C1=O. The van der Waals surface area contributed by atoms with E-state index in [4.69, 9.17) is 12.2 Å². The quantitative estimate of drug-likeness (QED) is 0.480. The van der Waals surface area contributed by atoms with Gasteiger partial charge in [-0.25, -0.2) is 0 Å². The van der Waals surface area contributed by atoms with E-state index in [2.05, 4.69) is 0 Å². The van der Waals surface area contributed by atoms with E-state index in [1.54, 1.807) is 12.1 Å². The highest BCUT2D eigenvalue weighted by Gasteiger charge is 2.38. The van der Waals surface area contributed by atoms with Crippen LogP contribution in [-0.2, 0) is 4.79 Å². The van der Waals surface area contributed by atoms with E-state index >= 15 is 0 Å². The second-order valence-corrected chi connectivity index (χ2v) is 6.42. The van der Waals surface area contributed by atoms with Crippen molar-refractivity contribution < 1.29 is 9.72 Å². The number of nitro benzene ring substituents is 1. The van der Waals surface area contributed by atoms with E-state index in [9.17, 15) is 14.9 Å². The van der Waals surface area contributed by atoms with E-state index in [-0.39, 0.29) is 16.8 Å². The molecule has 0 saturated carbocycles. The molecule has 0 N–H and O–H groups in total. The van der Waals surface area contributed by atoms with E-state index in [0.29, 0.717) is 16.6 Å². The summed E-state index contributed by atoms with van der Waals surface area (Å²) >= 11 is 6.58. The van der Waals surface area contributed by atoms with Crippen LogP contribution in [0, 0.1) is 10.1 Å². The fourth-order valence-electron chi connectivity index (χ4n) is 1.86. The minimum Gasteiger partial charge on any atom is -0.308 e. The Hall–Kier alpha value is -1.51. The topological polar surface area (TPSA) is 66.7 Å². The van der Waals surface area contributed by atoms with Crippen molar-refractivity contribution in [2.24, 2.45) is 0 Å². The highest BCUT2D eigenvalue weighted by Crippen LogP contribution is 2.32. The van der Waals surface area contributed by atoms with Crippen LogP contribution in [0.3, 0.4) is 0 Å². The van der Waals surface area contributed by atoms with E-state index in [0.717, 1.165) is 0 Å². The van der Waals surface area contributed by atoms with Crippen LogP contribution in [0.4, 0.5) is 11.4 Å². The first-order chi connectivity index (χ1) is 9.40. The van der Waals surface area contributed by atoms with Gasteiger partial charge in [-0.3, -0.25) is 19.8 Å². The van der Waals surface area contributed by atoms with Gasteiger partial charge in [-0.1, -0.05) is 24.0 Å². The molecule has 1 aliphatic heterocycles. The normalized spacial score (nSPS) is 18.9. The number of nitrogens with zero attached hydrogens (tertiary/aromatic N) is 3. The van der Waals surface area contributed by atoms with Gasteiger partial charge in [0, 0.05) is 18.7 Å². The Morgan fingerprint density at radius 3 is 2.50 bits per heavy atom. The van der Waals surface area contributed by atoms with Crippen LogP contribution < -0.4 is 4.90 Å². The maximum absolute atomic E-state index is 12.3. The van der Waals surface area contributed by atoms with E-state index in [1.165, 1.54) is 28.8 Å². The van der Waals surface area contributed by atoms with Gasteiger partial charge in [0.25, 0.3) is 5.69 Å². The first-order valence-electron chi connectivity index (χ1n) is 5.84. The van der Waals surface area contributed by atoms with Crippen LogP contribution in [0.1, 0.15) is 0 Å². The zero-order chi connectivity index (χ0) is 14.9. The number of hydrogen-bond acceptors (Lipinski definition) is 6. The highest BCUT2D eigenvalue weighted by atomic mass is 32.2. The van der Waals surface area contributed by atoms with Gasteiger partial charge in [-0.2, -0.15) is 0 Å². The summed E-state index contributed by atoms with van der Waals surface area (Å²) in [7, 11) is 3.79. The monoisotopic (exact) mass is 311 g/mol. The van der Waals surface area contributed by atoms with E-state index < -0.39 is 4.92 Å². The number of rotatable bonds is 4. The molecule has 1 unspecified atom stereocenters. The molecular formula is C12H13N3O3S2. The van der Waals surface area contributed by atoms with Crippen molar-refractivity contribution in [3.63, 3.8) is 0 Å². The molecule has 0 aliphatic carbocycles. The Balaban J connectivity index is 2.22. The zero-order valence-corrected chi connectivity index (χ0v) is 12.6. The molecule has 1 fully saturated rings. The zero-order valence-electron chi connectivity index (χ0n) is 11.0. The Labute approximate surface area is 125 Å². The number of amides is 1. The molecule has 106 valence electrons. The number of nitro groups is 1. The molecule has 1 amide bonds. The van der Waals surface area contributed by atoms with Gasteiger partial charge >= 0.3 is 0 Å². The third kappa shape index (κ3) is 2.97. The molecule has 1 aromatic carbocycles. The third-order valence-corrected chi connectivity index (χ3v) is 4.26. The molecule has 0 bridgehead atoms. The summed E-state index contributed by atoms with van der Waals surface area (Å²) in [4.78, 5) is 25.8. The van der Waals surface area contributed by atoms with Crippen LogP contribution in [0.2, 0.25) is 0 Å². The molecular weight excluding hydrogens is 298 g/mol. The van der Waals surface area contributed by atoms with Crippen LogP contribution in [0.15, 0.2) is 24.3 Å². The number of non-ortho nitro benzene ring substituents is 1. The molecule has 20 heavy (non-hydrogen) atoms. The Morgan fingerprint density at radius 1 is 1.40 bits per heavy atom. The summed E-state index contributed by atoms with van der Waals surface area (Å²) in [6, 6.07) is 5.83. The van der Waals surface area contributed by atoms with Crippen molar-refractivity contribution in [2.45, 2.75) is 5.25 Å². The van der Waals surface area contributed by atoms with Gasteiger partial charge < -0.3 is 4.90 Å². The molecule has 8 heteroatoms. The lowest BCUT2D eigenvalue weighted by Gasteiger charge is -2.16. The third-order valence-electron chi connectivity index (χ3n) is 2.77. The largest absolute Gasteiger partial charge is 0.308 e. The Kier molecular flexibility index (Phi) is 4.36. The lowest BCUT2D eigenvalue weighted by Crippen LogP contribution is -2.35. The number of hydrogen-bond donors (Lipinski definition) is 0. The summed E-state index contributed by atoms with van der Waals surface area (Å²) in [5, 5.41) is 10.4. The number of carbonyl (C=O) groups excluding carboxylic acids is 1. The Morgan fingerprint density at radius 2 is 2.00 bits per heavy atom. The number of benzene rings is 1. The van der Waals surface area contributed by atoms with Gasteiger partial charge in [-0.15, -0.1) is 0 Å². The summed E-state index contributed by atoms with van der Waals surface area (Å²) in [5.41, 5.74) is 0.558. The van der Waals surface area contributed by atoms with Gasteiger partial charge in [0.05, 0.1) is 10.6 Å². The number of anilines is 1. The van der Waals surface area contributed by atoms with Crippen LogP contribution >= 0.6 is 24.0 Å². The lowest BCUT2D eigenvalue weighted by molar-refractivity contribution is -0.384. The first-order valence-corrected chi connectivity index (χ1v) is 7.12. The summed E-state index contributed by atoms with van der Waals surface area (Å²) in [6.45, 7) is 0.604. The van der Waals surface area contributed by atoms with Crippen molar-refractivity contribution in [3.05, 3.63) is 34.4 Å². The first kappa shape index (κ1) is 14.9. The van der Waals surface area contributed by atoms with Crippen molar-refractivity contribution >= 4 is 45.6 Å².